The van der Waals surface area contributed by atoms with Crippen molar-refractivity contribution in [3.05, 3.63) is 0 Å². The first-order valence-corrected chi connectivity index (χ1v) is 3.11. The van der Waals surface area contributed by atoms with Gasteiger partial charge in [-0.25, -0.2) is 0 Å². The van der Waals surface area contributed by atoms with E-state index in [1.807, 2.05) is 0 Å². The third-order valence-corrected chi connectivity index (χ3v) is 1.25. The Kier molecular flexibility index (Phi) is 11.2. The molecule has 0 heterocycles. The Morgan fingerprint density at radius 2 is 1.27 bits per heavy atom. The Labute approximate surface area is 121 Å². The van der Waals surface area contributed by atoms with Crippen LogP contribution >= 0.6 is 0 Å². The number of rotatable bonds is 5. The van der Waals surface area contributed by atoms with Gasteiger partial charge in [0.25, 0.3) is 0 Å². The molecule has 0 unspecified atom stereocenters. The van der Waals surface area contributed by atoms with Crippen LogP contribution in [0.15, 0.2) is 0 Å². The molecule has 0 atom stereocenters. The molecule has 0 aromatic heterocycles. The fraction of sp³-hybridized carbons (Fsp3) is 0.500. The predicted molar refractivity (Wildman–Crippen MR) is 29.2 cm³/mol. The fourth-order valence-electron chi connectivity index (χ4n) is 0.684. The second kappa shape index (κ2) is 8.24. The van der Waals surface area contributed by atoms with Crippen molar-refractivity contribution >= 4 is 17.9 Å². The summed E-state index contributed by atoms with van der Waals surface area (Å²) in [5.41, 5.74) is -2.97. The Balaban J connectivity index is -0.000000720. The van der Waals surface area contributed by atoms with Crippen LogP contribution in [-0.4, -0.2) is 28.6 Å². The van der Waals surface area contributed by atoms with Crippen molar-refractivity contribution in [2.75, 3.05) is 0 Å². The quantitative estimate of drug-likeness (QED) is 0.455. The van der Waals surface area contributed by atoms with Gasteiger partial charge in [0.1, 0.15) is 5.60 Å². The van der Waals surface area contributed by atoms with Crippen molar-refractivity contribution in [3.8, 4) is 0 Å². The molecular formula is C6H5NaO7W-2. The molecule has 0 aliphatic heterocycles. The zero-order chi connectivity index (χ0) is 10.6. The van der Waals surface area contributed by atoms with Crippen molar-refractivity contribution in [2.45, 2.75) is 18.4 Å². The van der Waals surface area contributed by atoms with Crippen LogP contribution in [0.3, 0.4) is 0 Å². The van der Waals surface area contributed by atoms with Crippen molar-refractivity contribution in [3.63, 3.8) is 0 Å². The Bertz CT molecular complexity index is 238. The van der Waals surface area contributed by atoms with E-state index in [1.165, 1.54) is 0 Å². The number of carbonyl (C=O) groups excluding carboxylic acids is 3. The Morgan fingerprint density at radius 1 is 1.00 bits per heavy atom. The van der Waals surface area contributed by atoms with Gasteiger partial charge in [-0.1, -0.05) is 0 Å². The van der Waals surface area contributed by atoms with Crippen LogP contribution in [0.5, 0.6) is 0 Å². The van der Waals surface area contributed by atoms with E-state index >= 15 is 0 Å². The fourth-order valence-corrected chi connectivity index (χ4v) is 0.684. The molecule has 15 heavy (non-hydrogen) atoms. The molecule has 0 radical (unpaired) electrons. The predicted octanol–water partition coefficient (Wildman–Crippen LogP) is -8.25. The maximum Gasteiger partial charge on any atom is 1.00 e. The molecule has 80 valence electrons. The summed E-state index contributed by atoms with van der Waals surface area (Å²) in [6.07, 6.45) is -2.72. The number of carboxylic acid groups (broad SMARTS) is 3. The van der Waals surface area contributed by atoms with Crippen molar-refractivity contribution in [1.82, 2.24) is 0 Å². The molecule has 0 fully saturated rings. The minimum Gasteiger partial charge on any atom is -0.550 e. The number of carbonyl (C=O) groups is 3. The largest absolute Gasteiger partial charge is 1.00 e. The third-order valence-electron chi connectivity index (χ3n) is 1.25. The van der Waals surface area contributed by atoms with E-state index in [0.29, 0.717) is 0 Å². The first-order chi connectivity index (χ1) is 5.78. The first kappa shape index (κ1) is 20.5. The summed E-state index contributed by atoms with van der Waals surface area (Å²) in [5, 5.41) is 38.9. The van der Waals surface area contributed by atoms with Crippen LogP contribution in [0.25, 0.3) is 0 Å². The van der Waals surface area contributed by atoms with Gasteiger partial charge in [-0.3, -0.25) is 0 Å². The summed E-state index contributed by atoms with van der Waals surface area (Å²) < 4.78 is 0. The van der Waals surface area contributed by atoms with Crippen LogP contribution < -0.4 is 44.9 Å². The van der Waals surface area contributed by atoms with Gasteiger partial charge in [0.15, 0.2) is 0 Å². The zero-order valence-electron chi connectivity index (χ0n) is 7.72. The normalized spacial score (nSPS) is 9.40. The van der Waals surface area contributed by atoms with Gasteiger partial charge >= 0.3 is 29.6 Å². The monoisotopic (exact) mass is 396 g/mol. The van der Waals surface area contributed by atoms with Gasteiger partial charge in [-0.15, -0.1) is 0 Å². The Hall–Kier alpha value is 0.0583. The third kappa shape index (κ3) is 7.93. The van der Waals surface area contributed by atoms with E-state index in [0.717, 1.165) is 0 Å². The molecule has 0 amide bonds. The van der Waals surface area contributed by atoms with E-state index in [9.17, 15) is 29.7 Å². The van der Waals surface area contributed by atoms with E-state index in [1.54, 1.807) is 0 Å². The smallest absolute Gasteiger partial charge is 0.550 e. The topological polar surface area (TPSA) is 141 Å². The zero-order valence-corrected chi connectivity index (χ0v) is 12.7. The number of hydrogen-bond acceptors (Lipinski definition) is 7. The van der Waals surface area contributed by atoms with Gasteiger partial charge in [0.05, 0.1) is 5.97 Å². The maximum absolute atomic E-state index is 10.1. The summed E-state index contributed by atoms with van der Waals surface area (Å²) in [6.45, 7) is 0. The molecule has 0 aromatic rings. The molecule has 0 spiro atoms. The van der Waals surface area contributed by atoms with Crippen LogP contribution in [0, 0.1) is 0 Å². The summed E-state index contributed by atoms with van der Waals surface area (Å²) in [6, 6.07) is 0. The average Bonchev–Trinajstić information content (AvgIpc) is 1.82. The van der Waals surface area contributed by atoms with Gasteiger partial charge in [-0.2, -0.15) is 0 Å². The first-order valence-electron chi connectivity index (χ1n) is 3.11. The molecule has 9 heteroatoms. The van der Waals surface area contributed by atoms with Gasteiger partial charge in [0.2, 0.25) is 0 Å². The van der Waals surface area contributed by atoms with Crippen molar-refractivity contribution < 1.29 is 85.4 Å². The van der Waals surface area contributed by atoms with Crippen LogP contribution in [0.4, 0.5) is 0 Å². The molecule has 0 saturated heterocycles. The SMILES string of the molecule is O=C([O-])CC(O)(CC(=O)[O-])C(=O)[O-].[Na+].[W]. The standard InChI is InChI=1S/C6H8O7.Na.W/c7-3(8)1-6(13,5(11)12)2-4(9)10;;/h13H,1-2H2,(H,7,8)(H,9,10)(H,11,12);;/q;+1;/p-3. The second-order valence-electron chi connectivity index (χ2n) is 2.42. The summed E-state index contributed by atoms with van der Waals surface area (Å²) in [5.74, 6) is -5.98. The van der Waals surface area contributed by atoms with Gasteiger partial charge in [-0.05, 0) is 0 Å². The number of carboxylic acids is 3. The summed E-state index contributed by atoms with van der Waals surface area (Å²) >= 11 is 0. The minimum atomic E-state index is -2.97. The average molecular weight is 396 g/mol. The van der Waals surface area contributed by atoms with Crippen LogP contribution in [0.1, 0.15) is 12.8 Å². The van der Waals surface area contributed by atoms with Gasteiger partial charge < -0.3 is 34.8 Å². The summed E-state index contributed by atoms with van der Waals surface area (Å²) in [4.78, 5) is 30.0. The molecule has 0 bridgehead atoms. The second-order valence-corrected chi connectivity index (χ2v) is 2.42. The number of aliphatic carboxylic acids is 3. The molecule has 1 N–H and O–H groups in total. The molecule has 0 aromatic carbocycles. The van der Waals surface area contributed by atoms with Crippen molar-refractivity contribution in [1.29, 1.82) is 0 Å². The minimum absolute atomic E-state index is 0. The van der Waals surface area contributed by atoms with Gasteiger partial charge in [0, 0.05) is 45.8 Å². The van der Waals surface area contributed by atoms with E-state index in [4.69, 9.17) is 5.11 Å². The Morgan fingerprint density at radius 3 is 1.40 bits per heavy atom. The molecule has 0 rings (SSSR count). The van der Waals surface area contributed by atoms with Crippen LogP contribution in [0.2, 0.25) is 0 Å². The van der Waals surface area contributed by atoms with E-state index in [-0.39, 0.29) is 50.6 Å². The molecule has 0 aliphatic carbocycles. The van der Waals surface area contributed by atoms with E-state index in [2.05, 4.69) is 0 Å². The molecular weight excluding hydrogens is 391 g/mol. The molecule has 0 saturated carbocycles. The van der Waals surface area contributed by atoms with E-state index < -0.39 is 36.4 Å². The number of hydrogen-bond donors (Lipinski definition) is 1. The molecule has 7 nitrogen and oxygen atoms in total. The van der Waals surface area contributed by atoms with Crippen LogP contribution in [-0.2, 0) is 35.4 Å². The number of aliphatic hydroxyl groups is 1. The summed E-state index contributed by atoms with van der Waals surface area (Å²) in [7, 11) is 0. The maximum atomic E-state index is 10.1. The molecule has 0 aliphatic rings. The van der Waals surface area contributed by atoms with Crippen molar-refractivity contribution in [2.24, 2.45) is 0 Å².